The Morgan fingerprint density at radius 1 is 1.39 bits per heavy atom. The van der Waals surface area contributed by atoms with Crippen LogP contribution in [0.4, 0.5) is 24.7 Å². The number of benzene rings is 1. The lowest BCUT2D eigenvalue weighted by atomic mass is 10.0. The van der Waals surface area contributed by atoms with Crippen LogP contribution in [0.25, 0.3) is 0 Å². The zero-order chi connectivity index (χ0) is 22.3. The number of fused-ring (bicyclic) bond motifs is 1. The number of nitrogens with one attached hydrogen (secondary N) is 2. The van der Waals surface area contributed by atoms with Gasteiger partial charge in [0.15, 0.2) is 11.7 Å². The van der Waals surface area contributed by atoms with Gasteiger partial charge in [-0.2, -0.15) is 18.3 Å². The van der Waals surface area contributed by atoms with Gasteiger partial charge in [-0.15, -0.1) is 11.3 Å². The van der Waals surface area contributed by atoms with Crippen LogP contribution >= 0.6 is 22.9 Å². The van der Waals surface area contributed by atoms with Gasteiger partial charge in [-0.25, -0.2) is 4.68 Å². The Kier molecular flexibility index (Phi) is 5.71. The van der Waals surface area contributed by atoms with Crippen LogP contribution in [-0.2, 0) is 0 Å². The third kappa shape index (κ3) is 4.28. The number of rotatable bonds is 4. The molecule has 0 bridgehead atoms. The number of amides is 1. The largest absolute Gasteiger partial charge is 0.410 e. The van der Waals surface area contributed by atoms with E-state index in [-0.39, 0.29) is 23.0 Å². The van der Waals surface area contributed by atoms with Gasteiger partial charge in [0, 0.05) is 17.0 Å². The van der Waals surface area contributed by atoms with Crippen molar-refractivity contribution in [3.63, 3.8) is 0 Å². The molecule has 11 heteroatoms. The highest BCUT2D eigenvalue weighted by Crippen LogP contribution is 2.46. The molecule has 6 nitrogen and oxygen atoms in total. The van der Waals surface area contributed by atoms with Gasteiger partial charge >= 0.3 is 6.18 Å². The fourth-order valence-electron chi connectivity index (χ4n) is 3.48. The van der Waals surface area contributed by atoms with E-state index in [9.17, 15) is 23.1 Å². The minimum absolute atomic E-state index is 0.0449. The lowest BCUT2D eigenvalue weighted by molar-refractivity contribution is -0.173. The molecule has 3 aromatic rings. The Morgan fingerprint density at radius 3 is 2.81 bits per heavy atom. The van der Waals surface area contributed by atoms with Crippen molar-refractivity contribution in [3.05, 3.63) is 62.9 Å². The zero-order valence-electron chi connectivity index (χ0n) is 16.2. The monoisotopic (exact) mass is 470 g/mol. The molecular weight excluding hydrogens is 453 g/mol. The average Bonchev–Trinajstić information content (AvgIpc) is 3.35. The molecule has 3 atom stereocenters. The van der Waals surface area contributed by atoms with Crippen molar-refractivity contribution in [1.82, 2.24) is 9.78 Å². The summed E-state index contributed by atoms with van der Waals surface area (Å²) < 4.78 is 42.1. The molecule has 3 unspecified atom stereocenters. The number of aliphatic hydroxyl groups excluding tert-OH is 1. The maximum Gasteiger partial charge on any atom is 0.410 e. The summed E-state index contributed by atoms with van der Waals surface area (Å²) in [6, 6.07) is 7.47. The van der Waals surface area contributed by atoms with E-state index in [1.54, 1.807) is 48.7 Å². The minimum Gasteiger partial charge on any atom is -0.389 e. The summed E-state index contributed by atoms with van der Waals surface area (Å²) in [5.74, 6) is -0.790. The molecule has 0 spiro atoms. The molecular formula is C20H18ClF3N4O2S. The van der Waals surface area contributed by atoms with Gasteiger partial charge in [-0.1, -0.05) is 29.8 Å². The molecule has 164 valence electrons. The summed E-state index contributed by atoms with van der Waals surface area (Å²) in [6.45, 7) is 1.58. The third-order valence-electron chi connectivity index (χ3n) is 5.02. The summed E-state index contributed by atoms with van der Waals surface area (Å²) in [6.07, 6.45) is -5.58. The topological polar surface area (TPSA) is 79.2 Å². The molecule has 0 aliphatic carbocycles. The van der Waals surface area contributed by atoms with Gasteiger partial charge in [0.05, 0.1) is 12.1 Å². The Bertz CT molecular complexity index is 1100. The highest BCUT2D eigenvalue weighted by atomic mass is 35.5. The summed E-state index contributed by atoms with van der Waals surface area (Å²) in [5, 5.41) is 20.8. The minimum atomic E-state index is -4.57. The van der Waals surface area contributed by atoms with Gasteiger partial charge in [0.25, 0.3) is 5.91 Å². The summed E-state index contributed by atoms with van der Waals surface area (Å²) in [5.41, 5.74) is 0.626. The Hall–Kier alpha value is -2.56. The van der Waals surface area contributed by atoms with E-state index in [0.29, 0.717) is 11.3 Å². The second kappa shape index (κ2) is 8.18. The van der Waals surface area contributed by atoms with Crippen LogP contribution in [0.15, 0.2) is 41.8 Å². The van der Waals surface area contributed by atoms with Gasteiger partial charge < -0.3 is 15.7 Å². The molecule has 0 radical (unpaired) electrons. The van der Waals surface area contributed by atoms with Crippen LogP contribution in [0.1, 0.15) is 52.5 Å². The first-order valence-electron chi connectivity index (χ1n) is 9.39. The van der Waals surface area contributed by atoms with E-state index >= 15 is 0 Å². The predicted octanol–water partition coefficient (Wildman–Crippen LogP) is 5.56. The van der Waals surface area contributed by atoms with Gasteiger partial charge in [-0.05, 0) is 36.1 Å². The number of aromatic nitrogens is 2. The highest BCUT2D eigenvalue weighted by Gasteiger charge is 2.48. The molecule has 1 amide bonds. The number of hydrogen-bond donors (Lipinski definition) is 3. The number of carbonyl (C=O) groups excluding carboxylic acids is 1. The maximum absolute atomic E-state index is 13.8. The van der Waals surface area contributed by atoms with Crippen LogP contribution in [0.3, 0.4) is 0 Å². The van der Waals surface area contributed by atoms with E-state index in [4.69, 9.17) is 11.6 Å². The Labute approximate surface area is 184 Å². The van der Waals surface area contributed by atoms with E-state index in [1.807, 2.05) is 0 Å². The molecule has 1 aromatic carbocycles. The zero-order valence-corrected chi connectivity index (χ0v) is 17.7. The van der Waals surface area contributed by atoms with E-state index in [1.165, 1.54) is 11.3 Å². The van der Waals surface area contributed by atoms with Crippen molar-refractivity contribution in [2.24, 2.45) is 0 Å². The van der Waals surface area contributed by atoms with Gasteiger partial charge in [-0.3, -0.25) is 4.79 Å². The highest BCUT2D eigenvalue weighted by molar-refractivity contribution is 7.10. The lowest BCUT2D eigenvalue weighted by Gasteiger charge is -2.32. The molecule has 0 saturated heterocycles. The quantitative estimate of drug-likeness (QED) is 0.466. The van der Waals surface area contributed by atoms with Crippen molar-refractivity contribution in [2.75, 3.05) is 10.6 Å². The van der Waals surface area contributed by atoms with Crippen molar-refractivity contribution >= 4 is 40.4 Å². The van der Waals surface area contributed by atoms with E-state index in [2.05, 4.69) is 15.7 Å². The first-order valence-corrected chi connectivity index (χ1v) is 10.6. The normalized spacial score (nSPS) is 19.4. The number of carbonyl (C=O) groups is 1. The fourth-order valence-corrected chi connectivity index (χ4v) is 4.53. The lowest BCUT2D eigenvalue weighted by Crippen LogP contribution is -2.35. The molecule has 3 N–H and O–H groups in total. The Morgan fingerprint density at radius 2 is 2.16 bits per heavy atom. The van der Waals surface area contributed by atoms with Gasteiger partial charge in [0.2, 0.25) is 0 Å². The number of halogens is 4. The number of aliphatic hydroxyl groups is 1. The van der Waals surface area contributed by atoms with Gasteiger partial charge in [0.1, 0.15) is 10.8 Å². The fraction of sp³-hybridized carbons (Fsp3) is 0.300. The molecule has 2 aromatic heterocycles. The van der Waals surface area contributed by atoms with Crippen LogP contribution in [-0.4, -0.2) is 27.0 Å². The molecule has 0 fully saturated rings. The van der Waals surface area contributed by atoms with Crippen LogP contribution in [0.2, 0.25) is 5.02 Å². The number of alkyl halides is 3. The first kappa shape index (κ1) is 21.7. The number of hydrogen-bond acceptors (Lipinski definition) is 5. The second-order valence-electron chi connectivity index (χ2n) is 7.22. The SMILES string of the molecule is CC(O)c1cccc(NC(=O)c2nn3c(c2Cl)NC(c2cccs2)CC3C(F)(F)F)c1. The van der Waals surface area contributed by atoms with Crippen LogP contribution < -0.4 is 10.6 Å². The maximum atomic E-state index is 13.8. The van der Waals surface area contributed by atoms with Crippen LogP contribution in [0.5, 0.6) is 0 Å². The second-order valence-corrected chi connectivity index (χ2v) is 8.57. The molecule has 3 heterocycles. The molecule has 31 heavy (non-hydrogen) atoms. The van der Waals surface area contributed by atoms with Crippen LogP contribution in [0, 0.1) is 0 Å². The first-order chi connectivity index (χ1) is 14.6. The summed E-state index contributed by atoms with van der Waals surface area (Å²) in [4.78, 5) is 13.5. The molecule has 1 aliphatic heterocycles. The van der Waals surface area contributed by atoms with Crippen molar-refractivity contribution < 1.29 is 23.1 Å². The number of nitrogens with zero attached hydrogens (tertiary/aromatic N) is 2. The summed E-state index contributed by atoms with van der Waals surface area (Å²) in [7, 11) is 0. The van der Waals surface area contributed by atoms with Crippen molar-refractivity contribution in [2.45, 2.75) is 37.7 Å². The number of anilines is 2. The van der Waals surface area contributed by atoms with E-state index < -0.39 is 30.3 Å². The van der Waals surface area contributed by atoms with E-state index in [0.717, 1.165) is 9.56 Å². The van der Waals surface area contributed by atoms with Crippen molar-refractivity contribution in [1.29, 1.82) is 0 Å². The standard InChI is InChI=1S/C20H18ClF3N4O2S/c1-10(29)11-4-2-5-12(8-11)25-19(30)17-16(21)18-26-13(14-6-3-7-31-14)9-15(20(22,23)24)28(18)27-17/h2-8,10,13,15,26,29H,9H2,1H3,(H,25,30). The smallest absolute Gasteiger partial charge is 0.389 e. The molecule has 4 rings (SSSR count). The molecule has 0 saturated carbocycles. The Balaban J connectivity index is 1.67. The predicted molar refractivity (Wildman–Crippen MR) is 113 cm³/mol. The van der Waals surface area contributed by atoms with Crippen molar-refractivity contribution in [3.8, 4) is 0 Å². The summed E-state index contributed by atoms with van der Waals surface area (Å²) >= 11 is 7.66. The number of thiophene rings is 1. The third-order valence-corrected chi connectivity index (χ3v) is 6.37. The average molecular weight is 471 g/mol. The molecule has 1 aliphatic rings.